The Morgan fingerprint density at radius 2 is 2.25 bits per heavy atom. The highest BCUT2D eigenvalue weighted by Crippen LogP contribution is 2.07. The molecule has 0 aliphatic carbocycles. The molecule has 2 nitrogen and oxygen atoms in total. The molecule has 2 N–H and O–H groups in total. The van der Waals surface area contributed by atoms with Gasteiger partial charge in [0, 0.05) is 19.0 Å². The molecule has 0 bridgehead atoms. The molecule has 0 saturated heterocycles. The van der Waals surface area contributed by atoms with Gasteiger partial charge in [-0.3, -0.25) is 0 Å². The third-order valence-electron chi connectivity index (χ3n) is 1.94. The number of halogens is 1. The molecule has 0 aromatic rings. The summed E-state index contributed by atoms with van der Waals surface area (Å²) in [6, 6.07) is 0.359. The maximum absolute atomic E-state index is 5.61. The van der Waals surface area contributed by atoms with Gasteiger partial charge in [-0.25, -0.2) is 0 Å². The second-order valence-electron chi connectivity index (χ2n) is 2.81. The van der Waals surface area contributed by atoms with E-state index in [9.17, 15) is 0 Å². The van der Waals surface area contributed by atoms with Crippen LogP contribution >= 0.6 is 11.6 Å². The monoisotopic (exact) mass is 186 g/mol. The smallest absolute Gasteiger partial charge is 0.0593 e. The van der Waals surface area contributed by atoms with E-state index in [2.05, 4.69) is 17.2 Å². The van der Waals surface area contributed by atoms with Crippen molar-refractivity contribution in [3.63, 3.8) is 0 Å². The highest BCUT2D eigenvalue weighted by Gasteiger charge is 2.10. The molecule has 1 rings (SSSR count). The molecule has 1 heterocycles. The van der Waals surface area contributed by atoms with Crippen LogP contribution in [-0.2, 0) is 0 Å². The summed E-state index contributed by atoms with van der Waals surface area (Å²) in [7, 11) is 0. The topological polar surface area (TPSA) is 29.3 Å². The van der Waals surface area contributed by atoms with Gasteiger partial charge in [0.05, 0.1) is 6.04 Å². The van der Waals surface area contributed by atoms with Crippen molar-refractivity contribution in [3.8, 4) is 0 Å². The Morgan fingerprint density at radius 1 is 1.42 bits per heavy atom. The fourth-order valence-corrected chi connectivity index (χ4v) is 1.39. The van der Waals surface area contributed by atoms with E-state index >= 15 is 0 Å². The molecule has 0 aromatic heterocycles. The molecule has 3 heteroatoms. The van der Waals surface area contributed by atoms with E-state index < -0.39 is 0 Å². The number of alkyl halides is 1. The molecule has 0 fully saturated rings. The second kappa shape index (κ2) is 5.22. The predicted molar refractivity (Wildman–Crippen MR) is 53.2 cm³/mol. The van der Waals surface area contributed by atoms with Crippen molar-refractivity contribution < 1.29 is 0 Å². The van der Waals surface area contributed by atoms with Crippen molar-refractivity contribution in [2.45, 2.75) is 12.5 Å². The highest BCUT2D eigenvalue weighted by molar-refractivity contribution is 6.17. The van der Waals surface area contributed by atoms with Gasteiger partial charge in [0.25, 0.3) is 0 Å². The van der Waals surface area contributed by atoms with Crippen LogP contribution in [0.2, 0.25) is 0 Å². The maximum atomic E-state index is 5.61. The van der Waals surface area contributed by atoms with Gasteiger partial charge in [0.2, 0.25) is 0 Å². The molecule has 1 unspecified atom stereocenters. The van der Waals surface area contributed by atoms with Crippen molar-refractivity contribution in [2.75, 3.05) is 19.0 Å². The van der Waals surface area contributed by atoms with Gasteiger partial charge in [-0.2, -0.15) is 0 Å². The Kier molecular flexibility index (Phi) is 4.19. The summed E-state index contributed by atoms with van der Waals surface area (Å²) in [6.45, 7) is 1.66. The molecule has 0 spiro atoms. The van der Waals surface area contributed by atoms with Crippen molar-refractivity contribution in [3.05, 3.63) is 24.4 Å². The van der Waals surface area contributed by atoms with Crippen LogP contribution in [0.25, 0.3) is 0 Å². The minimum absolute atomic E-state index is 0.359. The first-order valence-corrected chi connectivity index (χ1v) is 4.78. The van der Waals surface area contributed by atoms with Gasteiger partial charge in [-0.15, -0.1) is 11.6 Å². The fourth-order valence-electron chi connectivity index (χ4n) is 1.27. The minimum Gasteiger partial charge on any atom is -0.370 e. The predicted octanol–water partition coefficient (Wildman–Crippen LogP) is 1.33. The zero-order chi connectivity index (χ0) is 8.81. The zero-order valence-corrected chi connectivity index (χ0v) is 7.87. The van der Waals surface area contributed by atoms with Crippen molar-refractivity contribution in [1.82, 2.24) is 4.90 Å². The summed E-state index contributed by atoms with van der Waals surface area (Å²) < 4.78 is 0. The van der Waals surface area contributed by atoms with E-state index in [1.165, 1.54) is 0 Å². The largest absolute Gasteiger partial charge is 0.370 e. The van der Waals surface area contributed by atoms with Gasteiger partial charge in [0.15, 0.2) is 0 Å². The third-order valence-corrected chi connectivity index (χ3v) is 2.21. The molecular weight excluding hydrogens is 172 g/mol. The molecule has 1 aliphatic rings. The molecule has 12 heavy (non-hydrogen) atoms. The molecule has 1 aliphatic heterocycles. The van der Waals surface area contributed by atoms with Crippen LogP contribution in [0.4, 0.5) is 0 Å². The molecule has 0 radical (unpaired) electrons. The standard InChI is InChI=1S/C9H15ClN2/c10-5-3-7-12-6-2-1-4-9(12)8-11/h1-2,4,6,9H,3,5,7-8,11H2. The number of hydrogen-bond donors (Lipinski definition) is 1. The van der Waals surface area contributed by atoms with Crippen LogP contribution in [0.15, 0.2) is 24.4 Å². The quantitative estimate of drug-likeness (QED) is 0.672. The first-order chi connectivity index (χ1) is 5.88. The van der Waals surface area contributed by atoms with Crippen LogP contribution in [0.1, 0.15) is 6.42 Å². The van der Waals surface area contributed by atoms with E-state index in [-0.39, 0.29) is 0 Å². The number of rotatable bonds is 4. The SMILES string of the molecule is NCC1C=CC=CN1CCCCl. The van der Waals surface area contributed by atoms with Gasteiger partial charge in [-0.05, 0) is 18.7 Å². The fraction of sp³-hybridized carbons (Fsp3) is 0.556. The van der Waals surface area contributed by atoms with Crippen molar-refractivity contribution in [1.29, 1.82) is 0 Å². The lowest BCUT2D eigenvalue weighted by Crippen LogP contribution is -2.37. The van der Waals surface area contributed by atoms with E-state index in [4.69, 9.17) is 17.3 Å². The van der Waals surface area contributed by atoms with Crippen molar-refractivity contribution in [2.24, 2.45) is 5.73 Å². The second-order valence-corrected chi connectivity index (χ2v) is 3.19. The normalized spacial score (nSPS) is 21.8. The summed E-state index contributed by atoms with van der Waals surface area (Å²) in [6.07, 6.45) is 9.27. The number of hydrogen-bond acceptors (Lipinski definition) is 2. The Labute approximate surface area is 78.7 Å². The first-order valence-electron chi connectivity index (χ1n) is 4.25. The summed E-state index contributed by atoms with van der Waals surface area (Å²) in [5, 5.41) is 0. The van der Waals surface area contributed by atoms with Gasteiger partial charge in [-0.1, -0.05) is 12.2 Å². The zero-order valence-electron chi connectivity index (χ0n) is 7.12. The maximum Gasteiger partial charge on any atom is 0.0593 e. The summed E-state index contributed by atoms with van der Waals surface area (Å²) in [5.41, 5.74) is 5.61. The van der Waals surface area contributed by atoms with E-state index in [0.29, 0.717) is 18.5 Å². The highest BCUT2D eigenvalue weighted by atomic mass is 35.5. The van der Waals surface area contributed by atoms with Gasteiger partial charge < -0.3 is 10.6 Å². The summed E-state index contributed by atoms with van der Waals surface area (Å²) >= 11 is 5.61. The molecule has 0 aromatic carbocycles. The van der Waals surface area contributed by atoms with Crippen LogP contribution in [0.3, 0.4) is 0 Å². The van der Waals surface area contributed by atoms with Crippen LogP contribution in [0, 0.1) is 0 Å². The van der Waals surface area contributed by atoms with Crippen LogP contribution in [-0.4, -0.2) is 29.9 Å². The Hall–Kier alpha value is -0.470. The molecule has 1 atom stereocenters. The Morgan fingerprint density at radius 3 is 2.92 bits per heavy atom. The average Bonchev–Trinajstić information content (AvgIpc) is 2.15. The van der Waals surface area contributed by atoms with Gasteiger partial charge >= 0.3 is 0 Å². The number of nitrogens with zero attached hydrogens (tertiary/aromatic N) is 1. The molecule has 0 saturated carbocycles. The lowest BCUT2D eigenvalue weighted by atomic mass is 10.2. The number of allylic oxidation sites excluding steroid dienone is 2. The molecular formula is C9H15ClN2. The Balaban J connectivity index is 2.39. The summed E-state index contributed by atoms with van der Waals surface area (Å²) in [5.74, 6) is 0.714. The van der Waals surface area contributed by atoms with E-state index in [1.807, 2.05) is 12.2 Å². The van der Waals surface area contributed by atoms with E-state index in [1.54, 1.807) is 0 Å². The van der Waals surface area contributed by atoms with Gasteiger partial charge in [0.1, 0.15) is 0 Å². The van der Waals surface area contributed by atoms with Crippen molar-refractivity contribution >= 4 is 11.6 Å². The lowest BCUT2D eigenvalue weighted by Gasteiger charge is -2.29. The number of nitrogens with two attached hydrogens (primary N) is 1. The molecule has 68 valence electrons. The van der Waals surface area contributed by atoms with E-state index in [0.717, 1.165) is 13.0 Å². The van der Waals surface area contributed by atoms with Crippen LogP contribution in [0.5, 0.6) is 0 Å². The third kappa shape index (κ3) is 2.54. The Bertz CT molecular complexity index is 177. The average molecular weight is 187 g/mol. The van der Waals surface area contributed by atoms with Crippen LogP contribution < -0.4 is 5.73 Å². The first kappa shape index (κ1) is 9.62. The minimum atomic E-state index is 0.359. The lowest BCUT2D eigenvalue weighted by molar-refractivity contribution is 0.321. The molecule has 0 amide bonds. The summed E-state index contributed by atoms with van der Waals surface area (Å²) in [4.78, 5) is 2.22.